The Kier molecular flexibility index (Phi) is 4.69. The number of hydrogen-bond acceptors (Lipinski definition) is 3. The zero-order chi connectivity index (χ0) is 14.5. The molecule has 0 saturated carbocycles. The van der Waals surface area contributed by atoms with Crippen LogP contribution < -0.4 is 10.1 Å². The van der Waals surface area contributed by atoms with Crippen LogP contribution in [0.4, 0.5) is 4.39 Å². The van der Waals surface area contributed by atoms with E-state index >= 15 is 0 Å². The van der Waals surface area contributed by atoms with Gasteiger partial charge in [0.05, 0.1) is 0 Å². The molecule has 20 heavy (non-hydrogen) atoms. The summed E-state index contributed by atoms with van der Waals surface area (Å²) in [4.78, 5) is 3.99. The lowest BCUT2D eigenvalue weighted by Gasteiger charge is -2.14. The SMILES string of the molecule is CNCc1ccnc(Oc2ccccc2C(C)C)c1F. The summed E-state index contributed by atoms with van der Waals surface area (Å²) in [6.45, 7) is 4.59. The molecule has 0 aliphatic heterocycles. The lowest BCUT2D eigenvalue weighted by Crippen LogP contribution is -2.08. The maximum atomic E-state index is 14.3. The largest absolute Gasteiger partial charge is 0.436 e. The molecule has 4 heteroatoms. The molecule has 1 N–H and O–H groups in total. The molecule has 0 atom stereocenters. The quantitative estimate of drug-likeness (QED) is 0.899. The Bertz CT molecular complexity index is 584. The number of hydrogen-bond donors (Lipinski definition) is 1. The number of pyridine rings is 1. The zero-order valence-electron chi connectivity index (χ0n) is 12.0. The van der Waals surface area contributed by atoms with Gasteiger partial charge in [-0.15, -0.1) is 0 Å². The molecule has 106 valence electrons. The minimum atomic E-state index is -0.416. The molecule has 0 aliphatic carbocycles. The van der Waals surface area contributed by atoms with Gasteiger partial charge in [-0.1, -0.05) is 32.0 Å². The predicted octanol–water partition coefficient (Wildman–Crippen LogP) is 3.86. The van der Waals surface area contributed by atoms with E-state index in [1.165, 1.54) is 0 Å². The standard InChI is InChI=1S/C16H19FN2O/c1-11(2)13-6-4-5-7-14(13)20-16-15(17)12(10-18-3)8-9-19-16/h4-9,11,18H,10H2,1-3H3. The maximum Gasteiger partial charge on any atom is 0.256 e. The molecule has 1 heterocycles. The number of nitrogens with zero attached hydrogens (tertiary/aromatic N) is 1. The molecule has 0 bridgehead atoms. The van der Waals surface area contributed by atoms with Gasteiger partial charge in [-0.05, 0) is 30.7 Å². The summed E-state index contributed by atoms with van der Waals surface area (Å²) in [6.07, 6.45) is 1.56. The van der Waals surface area contributed by atoms with Crippen molar-refractivity contribution >= 4 is 0 Å². The Balaban J connectivity index is 2.33. The molecule has 1 aromatic carbocycles. The molecule has 0 fully saturated rings. The fourth-order valence-electron chi connectivity index (χ4n) is 2.01. The summed E-state index contributed by atoms with van der Waals surface area (Å²) < 4.78 is 19.9. The second-order valence-corrected chi connectivity index (χ2v) is 4.91. The fourth-order valence-corrected chi connectivity index (χ4v) is 2.01. The summed E-state index contributed by atoms with van der Waals surface area (Å²) in [5.41, 5.74) is 1.58. The second-order valence-electron chi connectivity index (χ2n) is 4.91. The first kappa shape index (κ1) is 14.5. The van der Waals surface area contributed by atoms with Gasteiger partial charge in [0.15, 0.2) is 5.82 Å². The lowest BCUT2D eigenvalue weighted by atomic mass is 10.0. The number of halogens is 1. The first-order valence-corrected chi connectivity index (χ1v) is 6.68. The maximum absolute atomic E-state index is 14.3. The van der Waals surface area contributed by atoms with Crippen LogP contribution in [0.15, 0.2) is 36.5 Å². The highest BCUT2D eigenvalue weighted by Gasteiger charge is 2.14. The van der Waals surface area contributed by atoms with Crippen LogP contribution in [0.5, 0.6) is 11.6 Å². The van der Waals surface area contributed by atoms with E-state index in [-0.39, 0.29) is 5.88 Å². The molecule has 2 aromatic rings. The van der Waals surface area contributed by atoms with Crippen LogP contribution in [0.2, 0.25) is 0 Å². The van der Waals surface area contributed by atoms with Crippen molar-refractivity contribution in [2.24, 2.45) is 0 Å². The van der Waals surface area contributed by atoms with Crippen LogP contribution >= 0.6 is 0 Å². The molecule has 0 aliphatic rings. The highest BCUT2D eigenvalue weighted by Crippen LogP contribution is 2.31. The van der Waals surface area contributed by atoms with E-state index in [4.69, 9.17) is 4.74 Å². The van der Waals surface area contributed by atoms with Crippen molar-refractivity contribution in [2.75, 3.05) is 7.05 Å². The van der Waals surface area contributed by atoms with Crippen molar-refractivity contribution in [1.29, 1.82) is 0 Å². The topological polar surface area (TPSA) is 34.2 Å². The van der Waals surface area contributed by atoms with Gasteiger partial charge >= 0.3 is 0 Å². The number of ether oxygens (including phenoxy) is 1. The molecular weight excluding hydrogens is 255 g/mol. The number of benzene rings is 1. The first-order chi connectivity index (χ1) is 9.63. The summed E-state index contributed by atoms with van der Waals surface area (Å²) >= 11 is 0. The molecular formula is C16H19FN2O. The normalized spacial score (nSPS) is 10.8. The van der Waals surface area contributed by atoms with Crippen molar-refractivity contribution in [1.82, 2.24) is 10.3 Å². The van der Waals surface area contributed by atoms with Gasteiger partial charge in [0.25, 0.3) is 5.88 Å². The first-order valence-electron chi connectivity index (χ1n) is 6.68. The average molecular weight is 274 g/mol. The van der Waals surface area contributed by atoms with Gasteiger partial charge in [-0.2, -0.15) is 0 Å². The monoisotopic (exact) mass is 274 g/mol. The molecule has 1 aromatic heterocycles. The third-order valence-electron chi connectivity index (χ3n) is 3.05. The van der Waals surface area contributed by atoms with E-state index in [2.05, 4.69) is 24.1 Å². The Morgan fingerprint density at radius 2 is 2.00 bits per heavy atom. The Morgan fingerprint density at radius 3 is 2.70 bits per heavy atom. The van der Waals surface area contributed by atoms with E-state index in [0.717, 1.165) is 5.56 Å². The van der Waals surface area contributed by atoms with Gasteiger partial charge in [0, 0.05) is 18.3 Å². The van der Waals surface area contributed by atoms with E-state index in [1.54, 1.807) is 19.3 Å². The van der Waals surface area contributed by atoms with Crippen LogP contribution in [0.3, 0.4) is 0 Å². The molecule has 2 rings (SSSR count). The Morgan fingerprint density at radius 1 is 1.25 bits per heavy atom. The van der Waals surface area contributed by atoms with Gasteiger partial charge in [0.1, 0.15) is 5.75 Å². The van der Waals surface area contributed by atoms with Gasteiger partial charge in [0.2, 0.25) is 0 Å². The molecule has 0 spiro atoms. The molecule has 0 amide bonds. The van der Waals surface area contributed by atoms with Gasteiger partial charge in [-0.25, -0.2) is 9.37 Å². The second kappa shape index (κ2) is 6.48. The molecule has 3 nitrogen and oxygen atoms in total. The van der Waals surface area contributed by atoms with Crippen LogP contribution in [-0.2, 0) is 6.54 Å². The highest BCUT2D eigenvalue weighted by molar-refractivity contribution is 5.38. The van der Waals surface area contributed by atoms with Crippen LogP contribution in [0.25, 0.3) is 0 Å². The average Bonchev–Trinajstić information content (AvgIpc) is 2.44. The Labute approximate surface area is 118 Å². The highest BCUT2D eigenvalue weighted by atomic mass is 19.1. The van der Waals surface area contributed by atoms with E-state index in [1.807, 2.05) is 24.3 Å². The smallest absolute Gasteiger partial charge is 0.256 e. The number of rotatable bonds is 5. The zero-order valence-corrected chi connectivity index (χ0v) is 12.0. The summed E-state index contributed by atoms with van der Waals surface area (Å²) in [5.74, 6) is 0.552. The number of para-hydroxylation sites is 1. The summed E-state index contributed by atoms with van der Waals surface area (Å²) in [6, 6.07) is 9.28. The van der Waals surface area contributed by atoms with Gasteiger partial charge in [-0.3, -0.25) is 0 Å². The van der Waals surface area contributed by atoms with Gasteiger partial charge < -0.3 is 10.1 Å². The van der Waals surface area contributed by atoms with Crippen molar-refractivity contribution in [3.63, 3.8) is 0 Å². The summed E-state index contributed by atoms with van der Waals surface area (Å²) in [7, 11) is 1.77. The Hall–Kier alpha value is -1.94. The van der Waals surface area contributed by atoms with Crippen molar-refractivity contribution in [2.45, 2.75) is 26.3 Å². The number of nitrogens with one attached hydrogen (secondary N) is 1. The molecule has 0 unspecified atom stereocenters. The molecule has 0 saturated heterocycles. The van der Waals surface area contributed by atoms with E-state index in [0.29, 0.717) is 23.8 Å². The van der Waals surface area contributed by atoms with E-state index in [9.17, 15) is 4.39 Å². The summed E-state index contributed by atoms with van der Waals surface area (Å²) in [5, 5.41) is 2.92. The minimum absolute atomic E-state index is 0.0193. The van der Waals surface area contributed by atoms with Crippen molar-refractivity contribution in [3.05, 3.63) is 53.5 Å². The van der Waals surface area contributed by atoms with Crippen molar-refractivity contribution < 1.29 is 9.13 Å². The molecule has 0 radical (unpaired) electrons. The fraction of sp³-hybridized carbons (Fsp3) is 0.312. The third-order valence-corrected chi connectivity index (χ3v) is 3.05. The predicted molar refractivity (Wildman–Crippen MR) is 77.6 cm³/mol. The lowest BCUT2D eigenvalue weighted by molar-refractivity contribution is 0.412. The van der Waals surface area contributed by atoms with E-state index < -0.39 is 5.82 Å². The van der Waals surface area contributed by atoms with Crippen LogP contribution in [0.1, 0.15) is 30.9 Å². The van der Waals surface area contributed by atoms with Crippen molar-refractivity contribution in [3.8, 4) is 11.6 Å². The minimum Gasteiger partial charge on any atom is -0.436 e. The third kappa shape index (κ3) is 3.14. The van der Waals surface area contributed by atoms with Crippen LogP contribution in [0, 0.1) is 5.82 Å². The number of aromatic nitrogens is 1. The van der Waals surface area contributed by atoms with Crippen LogP contribution in [-0.4, -0.2) is 12.0 Å².